The van der Waals surface area contributed by atoms with E-state index >= 15 is 0 Å². The molecule has 0 bridgehead atoms. The number of rotatable bonds is 6. The molecule has 5 rings (SSSR count). The third kappa shape index (κ3) is 4.63. The predicted octanol–water partition coefficient (Wildman–Crippen LogP) is 5.47. The Morgan fingerprint density at radius 3 is 2.65 bits per heavy atom. The second-order valence-electron chi connectivity index (χ2n) is 8.07. The standard InChI is InChI=1S/C24H22ClN3O3S3/c1-2-28-12-11-17-20(13-28)33-24(22(17)23-26-18-5-3-4-6-19(18)32-23)27-21(29)14-34(30,31)16-9-7-15(25)8-10-16/h3-10H,2,11-14H2,1H3,(H,27,29). The van der Waals surface area contributed by atoms with Crippen LogP contribution in [0.15, 0.2) is 53.4 Å². The number of carbonyl (C=O) groups excluding carboxylic acids is 1. The molecule has 176 valence electrons. The third-order valence-corrected chi connectivity index (χ3v) is 9.91. The van der Waals surface area contributed by atoms with Gasteiger partial charge in [0.1, 0.15) is 15.8 Å². The van der Waals surface area contributed by atoms with E-state index in [4.69, 9.17) is 16.6 Å². The third-order valence-electron chi connectivity index (χ3n) is 5.84. The second kappa shape index (κ2) is 9.39. The van der Waals surface area contributed by atoms with Gasteiger partial charge in [-0.2, -0.15) is 0 Å². The molecule has 6 nitrogen and oxygen atoms in total. The Morgan fingerprint density at radius 1 is 1.15 bits per heavy atom. The molecule has 1 N–H and O–H groups in total. The molecule has 2 aromatic carbocycles. The average Bonchev–Trinajstić information content (AvgIpc) is 3.38. The van der Waals surface area contributed by atoms with Crippen LogP contribution in [-0.4, -0.2) is 43.1 Å². The first kappa shape index (κ1) is 23.4. The number of likely N-dealkylation sites (N-methyl/N-ethyl adjacent to an activating group) is 1. The number of aromatic nitrogens is 1. The van der Waals surface area contributed by atoms with Gasteiger partial charge in [-0.1, -0.05) is 30.7 Å². The van der Waals surface area contributed by atoms with E-state index in [1.165, 1.54) is 46.0 Å². The van der Waals surface area contributed by atoms with Crippen LogP contribution < -0.4 is 5.32 Å². The molecule has 0 fully saturated rings. The fourth-order valence-electron chi connectivity index (χ4n) is 4.08. The summed E-state index contributed by atoms with van der Waals surface area (Å²) in [5.41, 5.74) is 3.04. The fraction of sp³-hybridized carbons (Fsp3) is 0.250. The number of nitrogens with zero attached hydrogens (tertiary/aromatic N) is 2. The van der Waals surface area contributed by atoms with E-state index in [1.54, 1.807) is 11.3 Å². The van der Waals surface area contributed by atoms with E-state index in [-0.39, 0.29) is 4.90 Å². The fourth-order valence-corrected chi connectivity index (χ4v) is 7.76. The van der Waals surface area contributed by atoms with Crippen LogP contribution in [0.3, 0.4) is 0 Å². The van der Waals surface area contributed by atoms with Crippen LogP contribution in [0.25, 0.3) is 20.8 Å². The smallest absolute Gasteiger partial charge is 0.240 e. The molecule has 0 spiro atoms. The zero-order chi connectivity index (χ0) is 23.9. The number of anilines is 1. The summed E-state index contributed by atoms with van der Waals surface area (Å²) < 4.78 is 26.6. The van der Waals surface area contributed by atoms with Crippen LogP contribution in [0.4, 0.5) is 5.00 Å². The molecule has 1 aliphatic heterocycles. The van der Waals surface area contributed by atoms with Gasteiger partial charge in [-0.05, 0) is 54.9 Å². The number of thiazole rings is 1. The summed E-state index contributed by atoms with van der Waals surface area (Å²) in [6.07, 6.45) is 0.865. The lowest BCUT2D eigenvalue weighted by Gasteiger charge is -2.25. The van der Waals surface area contributed by atoms with Crippen LogP contribution in [0, 0.1) is 0 Å². The lowest BCUT2D eigenvalue weighted by atomic mass is 10.0. The normalized spacial score (nSPS) is 14.3. The van der Waals surface area contributed by atoms with Crippen LogP contribution in [0.2, 0.25) is 5.02 Å². The minimum Gasteiger partial charge on any atom is -0.316 e. The number of halogens is 1. The molecule has 0 atom stereocenters. The second-order valence-corrected chi connectivity index (χ2v) is 12.6. The summed E-state index contributed by atoms with van der Waals surface area (Å²) in [4.78, 5) is 21.4. The van der Waals surface area contributed by atoms with Crippen molar-refractivity contribution in [3.05, 3.63) is 64.0 Å². The molecule has 1 amide bonds. The number of benzene rings is 2. The first-order valence-electron chi connectivity index (χ1n) is 10.8. The van der Waals surface area contributed by atoms with Gasteiger partial charge in [0.25, 0.3) is 0 Å². The molecule has 34 heavy (non-hydrogen) atoms. The highest BCUT2D eigenvalue weighted by Crippen LogP contribution is 2.45. The van der Waals surface area contributed by atoms with E-state index in [1.807, 2.05) is 24.3 Å². The van der Waals surface area contributed by atoms with Gasteiger partial charge in [0.2, 0.25) is 5.91 Å². The quantitative estimate of drug-likeness (QED) is 0.357. The number of fused-ring (bicyclic) bond motifs is 2. The maximum atomic E-state index is 12.9. The van der Waals surface area contributed by atoms with Crippen molar-refractivity contribution in [3.63, 3.8) is 0 Å². The Hall–Kier alpha value is -2.30. The summed E-state index contributed by atoms with van der Waals surface area (Å²) in [6.45, 7) is 4.84. The van der Waals surface area contributed by atoms with Gasteiger partial charge in [-0.25, -0.2) is 13.4 Å². The highest BCUT2D eigenvalue weighted by atomic mass is 35.5. The van der Waals surface area contributed by atoms with Crippen LogP contribution >= 0.6 is 34.3 Å². The van der Waals surface area contributed by atoms with Crippen molar-refractivity contribution in [1.82, 2.24) is 9.88 Å². The first-order chi connectivity index (χ1) is 16.3. The molecule has 3 heterocycles. The topological polar surface area (TPSA) is 79.4 Å². The molecular formula is C24H22ClN3O3S3. The van der Waals surface area contributed by atoms with Crippen molar-refractivity contribution in [3.8, 4) is 10.6 Å². The van der Waals surface area contributed by atoms with E-state index in [0.29, 0.717) is 10.0 Å². The Balaban J connectivity index is 1.49. The lowest BCUT2D eigenvalue weighted by molar-refractivity contribution is -0.113. The van der Waals surface area contributed by atoms with Gasteiger partial charge < -0.3 is 5.32 Å². The average molecular weight is 532 g/mol. The molecule has 0 radical (unpaired) electrons. The van der Waals surface area contributed by atoms with Crippen molar-refractivity contribution in [2.24, 2.45) is 0 Å². The highest BCUT2D eigenvalue weighted by molar-refractivity contribution is 7.92. The summed E-state index contributed by atoms with van der Waals surface area (Å²) in [5.74, 6) is -1.21. The molecule has 4 aromatic rings. The predicted molar refractivity (Wildman–Crippen MR) is 140 cm³/mol. The van der Waals surface area contributed by atoms with Crippen LogP contribution in [-0.2, 0) is 27.6 Å². The van der Waals surface area contributed by atoms with Gasteiger partial charge in [0.05, 0.1) is 15.1 Å². The molecular weight excluding hydrogens is 510 g/mol. The van der Waals surface area contributed by atoms with Gasteiger partial charge >= 0.3 is 0 Å². The number of para-hydroxylation sites is 1. The number of hydrogen-bond donors (Lipinski definition) is 1. The monoisotopic (exact) mass is 531 g/mol. The van der Waals surface area contributed by atoms with Crippen molar-refractivity contribution in [2.45, 2.75) is 24.8 Å². The molecule has 2 aromatic heterocycles. The first-order valence-corrected chi connectivity index (χ1v) is 14.5. The van der Waals surface area contributed by atoms with E-state index in [0.717, 1.165) is 46.8 Å². The zero-order valence-corrected chi connectivity index (χ0v) is 21.6. The van der Waals surface area contributed by atoms with Crippen LogP contribution in [0.1, 0.15) is 17.4 Å². The van der Waals surface area contributed by atoms with Crippen LogP contribution in [0.5, 0.6) is 0 Å². The summed E-state index contributed by atoms with van der Waals surface area (Å²) in [5, 5.41) is 4.85. The molecule has 0 aliphatic carbocycles. The molecule has 10 heteroatoms. The van der Waals surface area contributed by atoms with E-state index < -0.39 is 21.5 Å². The van der Waals surface area contributed by atoms with Gasteiger partial charge in [-0.15, -0.1) is 22.7 Å². The Kier molecular flexibility index (Phi) is 6.47. The molecule has 0 saturated heterocycles. The molecule has 0 saturated carbocycles. The van der Waals surface area contributed by atoms with Gasteiger partial charge in [0, 0.05) is 28.6 Å². The van der Waals surface area contributed by atoms with Gasteiger partial charge in [-0.3, -0.25) is 9.69 Å². The summed E-state index contributed by atoms with van der Waals surface area (Å²) >= 11 is 8.97. The van der Waals surface area contributed by atoms with Crippen molar-refractivity contribution in [2.75, 3.05) is 24.2 Å². The van der Waals surface area contributed by atoms with Gasteiger partial charge in [0.15, 0.2) is 9.84 Å². The Labute approximate surface area is 211 Å². The Morgan fingerprint density at radius 2 is 1.91 bits per heavy atom. The summed E-state index contributed by atoms with van der Waals surface area (Å²) in [7, 11) is -3.80. The van der Waals surface area contributed by atoms with E-state index in [9.17, 15) is 13.2 Å². The maximum Gasteiger partial charge on any atom is 0.240 e. The van der Waals surface area contributed by atoms with Crippen molar-refractivity contribution < 1.29 is 13.2 Å². The minimum absolute atomic E-state index is 0.0718. The molecule has 0 unspecified atom stereocenters. The number of carbonyl (C=O) groups is 1. The number of amides is 1. The van der Waals surface area contributed by atoms with Crippen molar-refractivity contribution in [1.29, 1.82) is 0 Å². The highest BCUT2D eigenvalue weighted by Gasteiger charge is 2.28. The minimum atomic E-state index is -3.80. The largest absolute Gasteiger partial charge is 0.316 e. The lowest BCUT2D eigenvalue weighted by Crippen LogP contribution is -2.29. The summed E-state index contributed by atoms with van der Waals surface area (Å²) in [6, 6.07) is 13.8. The van der Waals surface area contributed by atoms with Crippen molar-refractivity contribution >= 4 is 65.2 Å². The number of thiophene rings is 1. The SMILES string of the molecule is CCN1CCc2c(sc(NC(=O)CS(=O)(=O)c3ccc(Cl)cc3)c2-c2nc3ccccc3s2)C1. The maximum absolute atomic E-state index is 12.9. The number of hydrogen-bond acceptors (Lipinski definition) is 7. The number of nitrogens with one attached hydrogen (secondary N) is 1. The Bertz CT molecular complexity index is 1440. The zero-order valence-electron chi connectivity index (χ0n) is 18.4. The molecule has 1 aliphatic rings. The number of sulfone groups is 1. The van der Waals surface area contributed by atoms with E-state index in [2.05, 4.69) is 17.1 Å².